The number of aliphatic hydroxyl groups is 1. The van der Waals surface area contributed by atoms with Crippen molar-refractivity contribution in [2.45, 2.75) is 12.3 Å². The van der Waals surface area contributed by atoms with Crippen molar-refractivity contribution in [1.82, 2.24) is 9.38 Å². The van der Waals surface area contributed by atoms with Gasteiger partial charge >= 0.3 is 0 Å². The number of thiazole rings is 1. The van der Waals surface area contributed by atoms with Gasteiger partial charge in [0.1, 0.15) is 0 Å². The predicted octanol–water partition coefficient (Wildman–Crippen LogP) is 3.48. The molecule has 19 heavy (non-hydrogen) atoms. The summed E-state index contributed by atoms with van der Waals surface area (Å²) in [6, 6.07) is 8.10. The lowest BCUT2D eigenvalue weighted by Gasteiger charge is -2.13. The molecular weight excluding hydrogens is 324 g/mol. The van der Waals surface area contributed by atoms with Crippen molar-refractivity contribution in [2.75, 3.05) is 6.61 Å². The average molecular weight is 337 g/mol. The van der Waals surface area contributed by atoms with Crippen molar-refractivity contribution in [2.24, 2.45) is 0 Å². The van der Waals surface area contributed by atoms with E-state index in [2.05, 4.69) is 20.9 Å². The number of benzene rings is 1. The molecule has 0 fully saturated rings. The SMILES string of the molecule is OCC(Cc1cn2ccsc2n1)c1ccc(Br)cc1. The molecule has 0 aliphatic carbocycles. The maximum atomic E-state index is 9.59. The minimum atomic E-state index is 0.0951. The minimum absolute atomic E-state index is 0.0951. The summed E-state index contributed by atoms with van der Waals surface area (Å²) in [5, 5.41) is 11.6. The molecule has 1 unspecified atom stereocenters. The highest BCUT2D eigenvalue weighted by atomic mass is 79.9. The fourth-order valence-corrected chi connectivity index (χ4v) is 3.13. The molecule has 2 aromatic heterocycles. The van der Waals surface area contributed by atoms with Gasteiger partial charge in [-0.05, 0) is 17.7 Å². The Hall–Kier alpha value is -1.17. The van der Waals surface area contributed by atoms with E-state index in [0.717, 1.165) is 27.1 Å². The van der Waals surface area contributed by atoms with Crippen LogP contribution < -0.4 is 0 Å². The second-order valence-electron chi connectivity index (χ2n) is 4.46. The van der Waals surface area contributed by atoms with E-state index in [1.807, 2.05) is 46.4 Å². The summed E-state index contributed by atoms with van der Waals surface area (Å²) >= 11 is 5.05. The molecule has 0 saturated heterocycles. The third-order valence-corrected chi connectivity index (χ3v) is 4.46. The molecule has 2 heterocycles. The molecule has 1 aromatic carbocycles. The van der Waals surface area contributed by atoms with Crippen LogP contribution in [0.3, 0.4) is 0 Å². The zero-order valence-electron chi connectivity index (χ0n) is 10.2. The molecule has 0 radical (unpaired) electrons. The lowest BCUT2D eigenvalue weighted by atomic mass is 9.95. The number of hydrogen-bond acceptors (Lipinski definition) is 3. The number of fused-ring (bicyclic) bond motifs is 1. The van der Waals surface area contributed by atoms with E-state index >= 15 is 0 Å². The highest BCUT2D eigenvalue weighted by molar-refractivity contribution is 9.10. The summed E-state index contributed by atoms with van der Waals surface area (Å²) in [4.78, 5) is 5.57. The molecule has 3 nitrogen and oxygen atoms in total. The van der Waals surface area contributed by atoms with E-state index in [1.165, 1.54) is 0 Å². The Balaban J connectivity index is 1.83. The van der Waals surface area contributed by atoms with Crippen LogP contribution in [0.5, 0.6) is 0 Å². The molecule has 1 N–H and O–H groups in total. The van der Waals surface area contributed by atoms with Crippen molar-refractivity contribution in [3.63, 3.8) is 0 Å². The first kappa shape index (κ1) is 12.8. The summed E-state index contributed by atoms with van der Waals surface area (Å²) in [7, 11) is 0. The monoisotopic (exact) mass is 336 g/mol. The molecule has 0 aliphatic rings. The Morgan fingerprint density at radius 3 is 2.79 bits per heavy atom. The number of aromatic nitrogens is 2. The van der Waals surface area contributed by atoms with Gasteiger partial charge < -0.3 is 5.11 Å². The maximum absolute atomic E-state index is 9.59. The molecule has 3 rings (SSSR count). The smallest absolute Gasteiger partial charge is 0.193 e. The average Bonchev–Trinajstić information content (AvgIpc) is 2.98. The van der Waals surface area contributed by atoms with Crippen LogP contribution in [0.1, 0.15) is 17.2 Å². The van der Waals surface area contributed by atoms with Crippen LogP contribution in [0.15, 0.2) is 46.5 Å². The highest BCUT2D eigenvalue weighted by Gasteiger charge is 2.13. The Morgan fingerprint density at radius 2 is 2.11 bits per heavy atom. The molecule has 0 saturated carbocycles. The summed E-state index contributed by atoms with van der Waals surface area (Å²) in [6.45, 7) is 0.132. The van der Waals surface area contributed by atoms with Crippen molar-refractivity contribution < 1.29 is 5.11 Å². The van der Waals surface area contributed by atoms with Crippen LogP contribution >= 0.6 is 27.3 Å². The molecule has 1 atom stereocenters. The van der Waals surface area contributed by atoms with Crippen LogP contribution in [-0.2, 0) is 6.42 Å². The van der Waals surface area contributed by atoms with Crippen LogP contribution in [-0.4, -0.2) is 21.1 Å². The summed E-state index contributed by atoms with van der Waals surface area (Å²) in [5.41, 5.74) is 2.16. The Morgan fingerprint density at radius 1 is 1.32 bits per heavy atom. The first-order valence-corrected chi connectivity index (χ1v) is 7.71. The molecule has 0 bridgehead atoms. The second kappa shape index (κ2) is 5.45. The number of rotatable bonds is 4. The first-order chi connectivity index (χ1) is 9.26. The quantitative estimate of drug-likeness (QED) is 0.791. The maximum Gasteiger partial charge on any atom is 0.193 e. The zero-order chi connectivity index (χ0) is 13.2. The number of nitrogens with zero attached hydrogens (tertiary/aromatic N) is 2. The van der Waals surface area contributed by atoms with Gasteiger partial charge in [0.2, 0.25) is 0 Å². The molecule has 0 aliphatic heterocycles. The van der Waals surface area contributed by atoms with E-state index in [4.69, 9.17) is 0 Å². The number of hydrogen-bond donors (Lipinski definition) is 1. The van der Waals surface area contributed by atoms with E-state index in [9.17, 15) is 5.11 Å². The van der Waals surface area contributed by atoms with E-state index in [-0.39, 0.29) is 12.5 Å². The lowest BCUT2D eigenvalue weighted by molar-refractivity contribution is 0.264. The Kier molecular flexibility index (Phi) is 3.68. The van der Waals surface area contributed by atoms with Gasteiger partial charge in [-0.3, -0.25) is 4.40 Å². The van der Waals surface area contributed by atoms with Gasteiger partial charge in [-0.2, -0.15) is 0 Å². The van der Waals surface area contributed by atoms with E-state index in [1.54, 1.807) is 11.3 Å². The predicted molar refractivity (Wildman–Crippen MR) is 80.7 cm³/mol. The molecular formula is C14H13BrN2OS. The van der Waals surface area contributed by atoms with Crippen LogP contribution in [0.25, 0.3) is 4.96 Å². The van der Waals surface area contributed by atoms with Crippen molar-refractivity contribution >= 4 is 32.2 Å². The van der Waals surface area contributed by atoms with Crippen LogP contribution in [0.2, 0.25) is 0 Å². The third-order valence-electron chi connectivity index (χ3n) is 3.16. The molecule has 3 aromatic rings. The van der Waals surface area contributed by atoms with Gasteiger partial charge in [0.15, 0.2) is 4.96 Å². The lowest BCUT2D eigenvalue weighted by Crippen LogP contribution is -2.08. The van der Waals surface area contributed by atoms with Gasteiger partial charge in [0.25, 0.3) is 0 Å². The molecule has 0 amide bonds. The van der Waals surface area contributed by atoms with Crippen molar-refractivity contribution in [3.8, 4) is 0 Å². The Labute approximate surface area is 123 Å². The van der Waals surface area contributed by atoms with Crippen LogP contribution in [0, 0.1) is 0 Å². The molecule has 98 valence electrons. The molecule has 0 spiro atoms. The van der Waals surface area contributed by atoms with Gasteiger partial charge in [-0.1, -0.05) is 28.1 Å². The van der Waals surface area contributed by atoms with Gasteiger partial charge in [0.05, 0.1) is 12.3 Å². The van der Waals surface area contributed by atoms with Gasteiger partial charge in [-0.15, -0.1) is 11.3 Å². The van der Waals surface area contributed by atoms with E-state index < -0.39 is 0 Å². The fourth-order valence-electron chi connectivity index (χ4n) is 2.15. The number of imidazole rings is 1. The van der Waals surface area contributed by atoms with Crippen LogP contribution in [0.4, 0.5) is 0 Å². The third kappa shape index (κ3) is 2.73. The zero-order valence-corrected chi connectivity index (χ0v) is 12.6. The molecule has 5 heteroatoms. The Bertz CT molecular complexity index is 646. The fraction of sp³-hybridized carbons (Fsp3) is 0.214. The van der Waals surface area contributed by atoms with Crippen molar-refractivity contribution in [3.05, 3.63) is 57.8 Å². The first-order valence-electron chi connectivity index (χ1n) is 6.03. The number of aliphatic hydroxyl groups excluding tert-OH is 1. The van der Waals surface area contributed by atoms with Gasteiger partial charge in [0, 0.05) is 34.6 Å². The second-order valence-corrected chi connectivity index (χ2v) is 6.25. The largest absolute Gasteiger partial charge is 0.396 e. The van der Waals surface area contributed by atoms with Gasteiger partial charge in [-0.25, -0.2) is 4.98 Å². The topological polar surface area (TPSA) is 37.5 Å². The summed E-state index contributed by atoms with van der Waals surface area (Å²) in [5.74, 6) is 0.0951. The normalized spacial score (nSPS) is 12.9. The highest BCUT2D eigenvalue weighted by Crippen LogP contribution is 2.23. The van der Waals surface area contributed by atoms with E-state index in [0.29, 0.717) is 0 Å². The summed E-state index contributed by atoms with van der Waals surface area (Å²) < 4.78 is 3.08. The number of halogens is 1. The standard InChI is InChI=1S/C14H13BrN2OS/c15-12-3-1-10(2-4-12)11(9-18)7-13-8-17-5-6-19-14(17)16-13/h1-6,8,11,18H,7,9H2. The van der Waals surface area contributed by atoms with Crippen molar-refractivity contribution in [1.29, 1.82) is 0 Å². The summed E-state index contributed by atoms with van der Waals surface area (Å²) in [6.07, 6.45) is 4.80. The minimum Gasteiger partial charge on any atom is -0.396 e.